The van der Waals surface area contributed by atoms with Crippen molar-refractivity contribution in [1.82, 2.24) is 0 Å². The van der Waals surface area contributed by atoms with Gasteiger partial charge in [-0.25, -0.2) is 0 Å². The van der Waals surface area contributed by atoms with Crippen molar-refractivity contribution in [2.75, 3.05) is 5.32 Å². The molecule has 96 valence electrons. The molecule has 0 amide bonds. The molecule has 0 spiro atoms. The van der Waals surface area contributed by atoms with Gasteiger partial charge in [-0.15, -0.1) is 11.3 Å². The number of hydrogen-bond donors (Lipinski definition) is 1. The van der Waals surface area contributed by atoms with Crippen molar-refractivity contribution in [3.05, 3.63) is 57.5 Å². The summed E-state index contributed by atoms with van der Waals surface area (Å²) in [6.45, 7) is 0. The molecule has 0 aliphatic heterocycles. The van der Waals surface area contributed by atoms with Gasteiger partial charge in [0.15, 0.2) is 0 Å². The van der Waals surface area contributed by atoms with Gasteiger partial charge < -0.3 is 5.32 Å². The fourth-order valence-electron chi connectivity index (χ4n) is 1.78. The first-order valence-electron chi connectivity index (χ1n) is 5.53. The number of nitrogens with one attached hydrogen (secondary N) is 1. The van der Waals surface area contributed by atoms with Crippen molar-refractivity contribution in [2.24, 2.45) is 0 Å². The molecule has 0 bridgehead atoms. The largest absolute Gasteiger partial charge is 0.346 e. The standard InChI is InChI=1S/C14H8Cl3NS/c15-8-1-4-10(5-2-8)18-14-13(17)11-6-3-9(16)7-12(11)19-14/h1-7,18H. The molecule has 0 atom stereocenters. The second-order valence-electron chi connectivity index (χ2n) is 4.02. The van der Waals surface area contributed by atoms with E-state index in [1.54, 1.807) is 11.3 Å². The summed E-state index contributed by atoms with van der Waals surface area (Å²) in [6, 6.07) is 13.2. The van der Waals surface area contributed by atoms with Crippen LogP contribution < -0.4 is 5.32 Å². The molecule has 0 aliphatic carbocycles. The Hall–Kier alpha value is -0.930. The van der Waals surface area contributed by atoms with Gasteiger partial charge in [-0.05, 0) is 36.4 Å². The summed E-state index contributed by atoms with van der Waals surface area (Å²) in [7, 11) is 0. The smallest absolute Gasteiger partial charge is 0.113 e. The molecular weight excluding hydrogens is 321 g/mol. The van der Waals surface area contributed by atoms with E-state index in [4.69, 9.17) is 34.8 Å². The summed E-state index contributed by atoms with van der Waals surface area (Å²) in [5.41, 5.74) is 0.948. The summed E-state index contributed by atoms with van der Waals surface area (Å²) >= 11 is 19.8. The fourth-order valence-corrected chi connectivity index (χ4v) is 3.58. The van der Waals surface area contributed by atoms with Gasteiger partial charge in [-0.3, -0.25) is 0 Å². The Morgan fingerprint density at radius 3 is 2.26 bits per heavy atom. The summed E-state index contributed by atoms with van der Waals surface area (Å²) in [5.74, 6) is 0. The lowest BCUT2D eigenvalue weighted by molar-refractivity contribution is 1.61. The lowest BCUT2D eigenvalue weighted by Gasteiger charge is -2.03. The van der Waals surface area contributed by atoms with E-state index in [-0.39, 0.29) is 0 Å². The van der Waals surface area contributed by atoms with Crippen molar-refractivity contribution in [2.45, 2.75) is 0 Å². The maximum Gasteiger partial charge on any atom is 0.113 e. The molecule has 2 aromatic carbocycles. The predicted octanol–water partition coefficient (Wildman–Crippen LogP) is 6.61. The molecule has 0 aliphatic rings. The summed E-state index contributed by atoms with van der Waals surface area (Å²) < 4.78 is 1.06. The second-order valence-corrected chi connectivity index (χ2v) is 6.32. The quantitative estimate of drug-likeness (QED) is 0.558. The van der Waals surface area contributed by atoms with Gasteiger partial charge in [0.2, 0.25) is 0 Å². The number of anilines is 2. The third-order valence-corrected chi connectivity index (χ3v) is 4.75. The van der Waals surface area contributed by atoms with Crippen molar-refractivity contribution in [3.63, 3.8) is 0 Å². The SMILES string of the molecule is Clc1ccc(Nc2sc3cc(Cl)ccc3c2Cl)cc1. The number of benzene rings is 2. The molecule has 1 nitrogen and oxygen atoms in total. The number of thiophene rings is 1. The lowest BCUT2D eigenvalue weighted by atomic mass is 10.2. The van der Waals surface area contributed by atoms with E-state index < -0.39 is 0 Å². The van der Waals surface area contributed by atoms with Crippen molar-refractivity contribution < 1.29 is 0 Å². The number of fused-ring (bicyclic) bond motifs is 1. The zero-order chi connectivity index (χ0) is 13.4. The Morgan fingerprint density at radius 1 is 0.842 bits per heavy atom. The Labute approximate surface area is 129 Å². The molecule has 3 aromatic rings. The highest BCUT2D eigenvalue weighted by molar-refractivity contribution is 7.23. The van der Waals surface area contributed by atoms with Crippen LogP contribution in [0.3, 0.4) is 0 Å². The van der Waals surface area contributed by atoms with Crippen molar-refractivity contribution in [3.8, 4) is 0 Å². The van der Waals surface area contributed by atoms with Crippen LogP contribution in [0.4, 0.5) is 10.7 Å². The van der Waals surface area contributed by atoms with E-state index in [0.29, 0.717) is 15.1 Å². The van der Waals surface area contributed by atoms with Crippen LogP contribution in [0, 0.1) is 0 Å². The zero-order valence-corrected chi connectivity index (χ0v) is 12.7. The Kier molecular flexibility index (Phi) is 3.59. The van der Waals surface area contributed by atoms with E-state index >= 15 is 0 Å². The molecule has 3 rings (SSSR count). The summed E-state index contributed by atoms with van der Waals surface area (Å²) in [6.07, 6.45) is 0. The lowest BCUT2D eigenvalue weighted by Crippen LogP contribution is -1.86. The van der Waals surface area contributed by atoms with Crippen LogP contribution in [-0.4, -0.2) is 0 Å². The third-order valence-electron chi connectivity index (χ3n) is 2.69. The van der Waals surface area contributed by atoms with Gasteiger partial charge in [-0.1, -0.05) is 40.9 Å². The molecular formula is C14H8Cl3NS. The van der Waals surface area contributed by atoms with Crippen LogP contribution in [0.25, 0.3) is 10.1 Å². The van der Waals surface area contributed by atoms with E-state index in [2.05, 4.69) is 5.32 Å². The van der Waals surface area contributed by atoms with Crippen LogP contribution in [0.2, 0.25) is 15.1 Å². The highest BCUT2D eigenvalue weighted by atomic mass is 35.5. The van der Waals surface area contributed by atoms with E-state index in [1.165, 1.54) is 0 Å². The maximum atomic E-state index is 6.37. The van der Waals surface area contributed by atoms with Crippen molar-refractivity contribution in [1.29, 1.82) is 0 Å². The monoisotopic (exact) mass is 327 g/mol. The average molecular weight is 329 g/mol. The molecule has 0 saturated heterocycles. The number of rotatable bonds is 2. The Bertz CT molecular complexity index is 734. The Morgan fingerprint density at radius 2 is 1.53 bits per heavy atom. The number of halogens is 3. The average Bonchev–Trinajstić information content (AvgIpc) is 2.68. The highest BCUT2D eigenvalue weighted by Gasteiger charge is 2.10. The summed E-state index contributed by atoms with van der Waals surface area (Å²) in [5, 5.41) is 7.34. The molecule has 5 heteroatoms. The minimum Gasteiger partial charge on any atom is -0.346 e. The van der Waals surface area contributed by atoms with Crippen LogP contribution in [-0.2, 0) is 0 Å². The van der Waals surface area contributed by atoms with E-state index in [1.807, 2.05) is 42.5 Å². The predicted molar refractivity (Wildman–Crippen MR) is 86.6 cm³/mol. The molecule has 19 heavy (non-hydrogen) atoms. The van der Waals surface area contributed by atoms with Gasteiger partial charge in [0.1, 0.15) is 5.00 Å². The van der Waals surface area contributed by atoms with Crippen LogP contribution in [0.5, 0.6) is 0 Å². The summed E-state index contributed by atoms with van der Waals surface area (Å²) in [4.78, 5) is 0. The van der Waals surface area contributed by atoms with Crippen molar-refractivity contribution >= 4 is 66.9 Å². The first kappa shape index (κ1) is 13.1. The molecule has 0 fully saturated rings. The maximum absolute atomic E-state index is 6.37. The molecule has 1 aromatic heterocycles. The third kappa shape index (κ3) is 2.67. The molecule has 0 unspecified atom stereocenters. The Balaban J connectivity index is 2.01. The molecule has 1 heterocycles. The molecule has 0 radical (unpaired) electrons. The first-order valence-corrected chi connectivity index (χ1v) is 7.48. The first-order chi connectivity index (χ1) is 9.13. The van der Waals surface area contributed by atoms with Crippen LogP contribution >= 0.6 is 46.1 Å². The minimum atomic E-state index is 0.708. The second kappa shape index (κ2) is 5.22. The van der Waals surface area contributed by atoms with Gasteiger partial charge in [0.25, 0.3) is 0 Å². The normalized spacial score (nSPS) is 10.9. The van der Waals surface area contributed by atoms with Gasteiger partial charge in [0.05, 0.1) is 5.02 Å². The highest BCUT2D eigenvalue weighted by Crippen LogP contribution is 2.41. The zero-order valence-electron chi connectivity index (χ0n) is 9.58. The minimum absolute atomic E-state index is 0.708. The van der Waals surface area contributed by atoms with Gasteiger partial charge in [0, 0.05) is 25.8 Å². The van der Waals surface area contributed by atoms with Gasteiger partial charge in [-0.2, -0.15) is 0 Å². The van der Waals surface area contributed by atoms with E-state index in [0.717, 1.165) is 20.8 Å². The van der Waals surface area contributed by atoms with Gasteiger partial charge >= 0.3 is 0 Å². The van der Waals surface area contributed by atoms with Crippen LogP contribution in [0.15, 0.2) is 42.5 Å². The van der Waals surface area contributed by atoms with E-state index in [9.17, 15) is 0 Å². The molecule has 1 N–H and O–H groups in total. The van der Waals surface area contributed by atoms with Crippen LogP contribution in [0.1, 0.15) is 0 Å². The molecule has 0 saturated carbocycles. The number of hydrogen-bond acceptors (Lipinski definition) is 2. The fraction of sp³-hybridized carbons (Fsp3) is 0. The topological polar surface area (TPSA) is 12.0 Å².